The van der Waals surface area contributed by atoms with Crippen molar-refractivity contribution in [1.29, 1.82) is 0 Å². The fraction of sp³-hybridized carbons (Fsp3) is 0.455. The van der Waals surface area contributed by atoms with Gasteiger partial charge in [0.15, 0.2) is 0 Å². The van der Waals surface area contributed by atoms with Crippen molar-refractivity contribution < 1.29 is 9.66 Å². The summed E-state index contributed by atoms with van der Waals surface area (Å²) in [6.07, 6.45) is 2.02. The van der Waals surface area contributed by atoms with Crippen LogP contribution in [0.1, 0.15) is 18.4 Å². The number of nitrogens with zero attached hydrogens (tertiary/aromatic N) is 1. The zero-order chi connectivity index (χ0) is 12.7. The average Bonchev–Trinajstić information content (AvgIpc) is 2.34. The number of unbranched alkanes of at least 4 members (excludes halogenated alkanes) is 1. The van der Waals surface area contributed by atoms with Gasteiger partial charge in [-0.05, 0) is 25.0 Å². The summed E-state index contributed by atoms with van der Waals surface area (Å²) in [5.74, 6) is 0.680. The first-order valence-corrected chi connectivity index (χ1v) is 7.45. The number of rotatable bonds is 7. The van der Waals surface area contributed by atoms with Crippen molar-refractivity contribution in [3.8, 4) is 5.75 Å². The monoisotopic (exact) mass is 365 g/mol. The van der Waals surface area contributed by atoms with E-state index in [1.165, 1.54) is 6.07 Å². The SMILES string of the molecule is O=[N+]([O-])c1ccc(OCCCCBr)cc1CBr. The van der Waals surface area contributed by atoms with E-state index >= 15 is 0 Å². The molecule has 0 unspecified atom stereocenters. The zero-order valence-electron chi connectivity index (χ0n) is 9.20. The third-order valence-electron chi connectivity index (χ3n) is 2.19. The molecular formula is C11H13Br2NO3. The second-order valence-electron chi connectivity index (χ2n) is 3.43. The third kappa shape index (κ3) is 4.63. The Balaban J connectivity index is 2.66. The molecule has 0 aliphatic rings. The summed E-state index contributed by atoms with van der Waals surface area (Å²) in [4.78, 5) is 10.3. The molecule has 0 aromatic heterocycles. The molecule has 4 nitrogen and oxygen atoms in total. The summed E-state index contributed by atoms with van der Waals surface area (Å²) in [5, 5.41) is 12.1. The molecule has 1 rings (SSSR count). The van der Waals surface area contributed by atoms with E-state index in [2.05, 4.69) is 31.9 Å². The normalized spacial score (nSPS) is 10.2. The topological polar surface area (TPSA) is 52.4 Å². The van der Waals surface area contributed by atoms with Gasteiger partial charge in [-0.1, -0.05) is 31.9 Å². The quantitative estimate of drug-likeness (QED) is 0.316. The predicted octanol–water partition coefficient (Wildman–Crippen LogP) is 4.04. The van der Waals surface area contributed by atoms with Gasteiger partial charge in [-0.3, -0.25) is 10.1 Å². The molecule has 17 heavy (non-hydrogen) atoms. The number of nitro groups is 1. The molecule has 1 aromatic rings. The summed E-state index contributed by atoms with van der Waals surface area (Å²) in [7, 11) is 0. The smallest absolute Gasteiger partial charge is 0.273 e. The summed E-state index contributed by atoms with van der Waals surface area (Å²) >= 11 is 6.59. The highest BCUT2D eigenvalue weighted by molar-refractivity contribution is 9.09. The number of hydrogen-bond donors (Lipinski definition) is 0. The Morgan fingerprint density at radius 1 is 1.29 bits per heavy atom. The van der Waals surface area contributed by atoms with Gasteiger partial charge >= 0.3 is 0 Å². The molecule has 0 aliphatic heterocycles. The minimum Gasteiger partial charge on any atom is -0.494 e. The van der Waals surface area contributed by atoms with Gasteiger partial charge < -0.3 is 4.74 Å². The molecule has 0 spiro atoms. The molecule has 0 radical (unpaired) electrons. The predicted molar refractivity (Wildman–Crippen MR) is 74.3 cm³/mol. The maximum absolute atomic E-state index is 10.7. The summed E-state index contributed by atoms with van der Waals surface area (Å²) in [6.45, 7) is 0.630. The van der Waals surface area contributed by atoms with Gasteiger partial charge in [0.2, 0.25) is 0 Å². The molecule has 0 fully saturated rings. The Morgan fingerprint density at radius 2 is 2.06 bits per heavy atom. The van der Waals surface area contributed by atoms with Gasteiger partial charge in [0.1, 0.15) is 5.75 Å². The lowest BCUT2D eigenvalue weighted by molar-refractivity contribution is -0.385. The average molecular weight is 367 g/mol. The summed E-state index contributed by atoms with van der Waals surface area (Å²) < 4.78 is 5.52. The van der Waals surface area contributed by atoms with Gasteiger partial charge in [-0.15, -0.1) is 0 Å². The first kappa shape index (κ1) is 14.4. The van der Waals surface area contributed by atoms with Crippen molar-refractivity contribution in [2.45, 2.75) is 18.2 Å². The highest BCUT2D eigenvalue weighted by atomic mass is 79.9. The van der Waals surface area contributed by atoms with Crippen molar-refractivity contribution >= 4 is 37.5 Å². The molecule has 0 heterocycles. The third-order valence-corrected chi connectivity index (χ3v) is 3.35. The Kier molecular flexibility index (Phi) is 6.50. The van der Waals surface area contributed by atoms with Crippen molar-refractivity contribution in [3.63, 3.8) is 0 Å². The van der Waals surface area contributed by atoms with E-state index in [1.807, 2.05) is 0 Å². The molecule has 0 aliphatic carbocycles. The standard InChI is InChI=1S/C11H13Br2NO3/c12-5-1-2-6-17-10-3-4-11(14(15)16)9(7-10)8-13/h3-4,7H,1-2,5-6,8H2. The van der Waals surface area contributed by atoms with Crippen molar-refractivity contribution in [2.24, 2.45) is 0 Å². The van der Waals surface area contributed by atoms with Crippen LogP contribution in [0, 0.1) is 10.1 Å². The van der Waals surface area contributed by atoms with Gasteiger partial charge in [-0.25, -0.2) is 0 Å². The van der Waals surface area contributed by atoms with E-state index in [0.717, 1.165) is 18.2 Å². The molecule has 0 atom stereocenters. The van der Waals surface area contributed by atoms with Crippen LogP contribution in [0.3, 0.4) is 0 Å². The minimum atomic E-state index is -0.384. The van der Waals surface area contributed by atoms with Crippen LogP contribution in [0.5, 0.6) is 5.75 Å². The Morgan fingerprint density at radius 3 is 2.65 bits per heavy atom. The maximum Gasteiger partial charge on any atom is 0.273 e. The number of hydrogen-bond acceptors (Lipinski definition) is 3. The highest BCUT2D eigenvalue weighted by Gasteiger charge is 2.13. The lowest BCUT2D eigenvalue weighted by atomic mass is 10.2. The molecule has 6 heteroatoms. The van der Waals surface area contributed by atoms with Crippen LogP contribution in [-0.2, 0) is 5.33 Å². The summed E-state index contributed by atoms with van der Waals surface area (Å²) in [6, 6.07) is 4.83. The molecule has 94 valence electrons. The van der Waals surface area contributed by atoms with Crippen molar-refractivity contribution in [1.82, 2.24) is 0 Å². The zero-order valence-corrected chi connectivity index (χ0v) is 12.4. The summed E-state index contributed by atoms with van der Waals surface area (Å²) in [5.41, 5.74) is 0.752. The van der Waals surface area contributed by atoms with Crippen LogP contribution < -0.4 is 4.74 Å². The Hall–Kier alpha value is -0.620. The number of nitro benzene ring substituents is 1. The molecule has 1 aromatic carbocycles. The van der Waals surface area contributed by atoms with Crippen molar-refractivity contribution in [2.75, 3.05) is 11.9 Å². The Labute approximate surface area is 117 Å². The van der Waals surface area contributed by atoms with Crippen LogP contribution in [0.25, 0.3) is 0 Å². The fourth-order valence-electron chi connectivity index (χ4n) is 1.32. The van der Waals surface area contributed by atoms with E-state index in [1.54, 1.807) is 12.1 Å². The van der Waals surface area contributed by atoms with Crippen molar-refractivity contribution in [3.05, 3.63) is 33.9 Å². The van der Waals surface area contributed by atoms with Crippen LogP contribution in [0.2, 0.25) is 0 Å². The number of halogens is 2. The first-order chi connectivity index (χ1) is 8.19. The lowest BCUT2D eigenvalue weighted by Gasteiger charge is -2.07. The molecule has 0 saturated carbocycles. The maximum atomic E-state index is 10.7. The number of alkyl halides is 2. The fourth-order valence-corrected chi connectivity index (χ4v) is 2.17. The second kappa shape index (κ2) is 7.66. The highest BCUT2D eigenvalue weighted by Crippen LogP contribution is 2.26. The number of benzene rings is 1. The molecule has 0 N–H and O–H groups in total. The van der Waals surface area contributed by atoms with E-state index in [9.17, 15) is 10.1 Å². The van der Waals surface area contributed by atoms with E-state index in [-0.39, 0.29) is 10.6 Å². The lowest BCUT2D eigenvalue weighted by Crippen LogP contribution is -1.99. The molecule has 0 saturated heterocycles. The van der Waals surface area contributed by atoms with E-state index in [4.69, 9.17) is 4.74 Å². The Bertz CT molecular complexity index is 385. The van der Waals surface area contributed by atoms with Gasteiger partial charge in [0.25, 0.3) is 5.69 Å². The van der Waals surface area contributed by atoms with E-state index < -0.39 is 0 Å². The largest absolute Gasteiger partial charge is 0.494 e. The van der Waals surface area contributed by atoms with Crippen LogP contribution >= 0.6 is 31.9 Å². The van der Waals surface area contributed by atoms with Crippen LogP contribution in [0.15, 0.2) is 18.2 Å². The van der Waals surface area contributed by atoms with Gasteiger partial charge in [0.05, 0.1) is 11.5 Å². The van der Waals surface area contributed by atoms with Crippen LogP contribution in [0.4, 0.5) is 5.69 Å². The van der Waals surface area contributed by atoms with Gasteiger partial charge in [0, 0.05) is 22.3 Å². The van der Waals surface area contributed by atoms with Crippen LogP contribution in [-0.4, -0.2) is 16.9 Å². The molecular weight excluding hydrogens is 354 g/mol. The molecule has 0 bridgehead atoms. The van der Waals surface area contributed by atoms with Gasteiger partial charge in [-0.2, -0.15) is 0 Å². The van der Waals surface area contributed by atoms with E-state index in [0.29, 0.717) is 23.2 Å². The first-order valence-electron chi connectivity index (χ1n) is 5.21. The minimum absolute atomic E-state index is 0.120. The number of ether oxygens (including phenoxy) is 1. The molecule has 0 amide bonds. The second-order valence-corrected chi connectivity index (χ2v) is 4.78.